The number of hydrogen-bond acceptors (Lipinski definition) is 4. The lowest BCUT2D eigenvalue weighted by atomic mass is 9.98. The maximum absolute atomic E-state index is 12.2. The Morgan fingerprint density at radius 3 is 2.89 bits per heavy atom. The standard InChI is InChI=1S/C12H13ClN2O4/c13-6-10(16)7-14-4-3-8-1-2-9(15(18)19)5-11(8)12(14)17/h1-2,5,10,16H,3-4,6-7H2. The summed E-state index contributed by atoms with van der Waals surface area (Å²) in [4.78, 5) is 23.9. The highest BCUT2D eigenvalue weighted by Gasteiger charge is 2.27. The number of nitro benzene ring substituents is 1. The zero-order valence-electron chi connectivity index (χ0n) is 10.1. The molecule has 6 nitrogen and oxygen atoms in total. The van der Waals surface area contributed by atoms with Gasteiger partial charge in [-0.1, -0.05) is 6.07 Å². The molecular weight excluding hydrogens is 272 g/mol. The molecule has 0 saturated heterocycles. The van der Waals surface area contributed by atoms with E-state index in [1.165, 1.54) is 17.0 Å². The van der Waals surface area contributed by atoms with Crippen LogP contribution in [0.15, 0.2) is 18.2 Å². The van der Waals surface area contributed by atoms with E-state index in [0.29, 0.717) is 18.5 Å². The van der Waals surface area contributed by atoms with Crippen LogP contribution < -0.4 is 0 Å². The fourth-order valence-corrected chi connectivity index (χ4v) is 2.20. The molecule has 0 aromatic heterocycles. The highest BCUT2D eigenvalue weighted by Crippen LogP contribution is 2.23. The summed E-state index contributed by atoms with van der Waals surface area (Å²) in [7, 11) is 0. The van der Waals surface area contributed by atoms with Gasteiger partial charge < -0.3 is 10.0 Å². The van der Waals surface area contributed by atoms with Crippen LogP contribution in [0.4, 0.5) is 5.69 Å². The summed E-state index contributed by atoms with van der Waals surface area (Å²) in [6, 6.07) is 4.30. The van der Waals surface area contributed by atoms with Gasteiger partial charge in [-0.25, -0.2) is 0 Å². The number of benzene rings is 1. The summed E-state index contributed by atoms with van der Waals surface area (Å²) in [5.74, 6) is -0.250. The van der Waals surface area contributed by atoms with Gasteiger partial charge in [-0.3, -0.25) is 14.9 Å². The number of nitrogens with zero attached hydrogens (tertiary/aromatic N) is 2. The predicted octanol–water partition coefficient (Wildman–Crippen LogP) is 1.19. The van der Waals surface area contributed by atoms with Crippen molar-refractivity contribution in [1.82, 2.24) is 4.90 Å². The number of carbonyl (C=O) groups is 1. The molecule has 0 saturated carbocycles. The molecule has 102 valence electrons. The molecule has 7 heteroatoms. The molecule has 0 spiro atoms. The number of hydrogen-bond donors (Lipinski definition) is 1. The second-order valence-electron chi connectivity index (χ2n) is 4.41. The minimum Gasteiger partial charge on any atom is -0.390 e. The molecule has 2 rings (SSSR count). The van der Waals surface area contributed by atoms with Crippen molar-refractivity contribution in [2.45, 2.75) is 12.5 Å². The van der Waals surface area contributed by atoms with E-state index in [1.54, 1.807) is 6.07 Å². The lowest BCUT2D eigenvalue weighted by Gasteiger charge is -2.29. The molecule has 1 heterocycles. The minimum atomic E-state index is -0.786. The van der Waals surface area contributed by atoms with E-state index < -0.39 is 11.0 Å². The smallest absolute Gasteiger partial charge is 0.270 e. The molecule has 0 aliphatic carbocycles. The molecule has 1 aromatic carbocycles. The molecule has 1 aromatic rings. The molecule has 1 aliphatic heterocycles. The SMILES string of the molecule is O=C1c2cc([N+](=O)[O-])ccc2CCN1CC(O)CCl. The number of aliphatic hydroxyl groups is 1. The van der Waals surface area contributed by atoms with Crippen LogP contribution in [0.1, 0.15) is 15.9 Å². The number of rotatable bonds is 4. The van der Waals surface area contributed by atoms with E-state index in [-0.39, 0.29) is 24.0 Å². The van der Waals surface area contributed by atoms with Gasteiger partial charge in [0.1, 0.15) is 0 Å². The second-order valence-corrected chi connectivity index (χ2v) is 4.72. The van der Waals surface area contributed by atoms with E-state index in [4.69, 9.17) is 11.6 Å². The molecule has 1 unspecified atom stereocenters. The summed E-state index contributed by atoms with van der Waals surface area (Å²) in [5.41, 5.74) is 1.03. The summed E-state index contributed by atoms with van der Waals surface area (Å²) in [6.45, 7) is 0.627. The van der Waals surface area contributed by atoms with E-state index in [9.17, 15) is 20.0 Å². The van der Waals surface area contributed by atoms with Gasteiger partial charge in [-0.2, -0.15) is 0 Å². The molecule has 19 heavy (non-hydrogen) atoms. The highest BCUT2D eigenvalue weighted by atomic mass is 35.5. The predicted molar refractivity (Wildman–Crippen MR) is 69.4 cm³/mol. The largest absolute Gasteiger partial charge is 0.390 e. The first-order valence-corrected chi connectivity index (χ1v) is 6.37. The van der Waals surface area contributed by atoms with Crippen molar-refractivity contribution in [1.29, 1.82) is 0 Å². The Labute approximate surface area is 114 Å². The average molecular weight is 285 g/mol. The van der Waals surface area contributed by atoms with E-state index in [2.05, 4.69) is 0 Å². The minimum absolute atomic E-state index is 0.0472. The number of aliphatic hydroxyl groups excluding tert-OH is 1. The first-order chi connectivity index (χ1) is 9.02. The van der Waals surface area contributed by atoms with Crippen LogP contribution in [0, 0.1) is 10.1 Å². The quantitative estimate of drug-likeness (QED) is 0.511. The monoisotopic (exact) mass is 284 g/mol. The number of alkyl halides is 1. The third-order valence-electron chi connectivity index (χ3n) is 3.08. The molecular formula is C12H13ClN2O4. The number of halogens is 1. The number of non-ortho nitro benzene ring substituents is 1. The average Bonchev–Trinajstić information content (AvgIpc) is 2.41. The summed E-state index contributed by atoms with van der Waals surface area (Å²) >= 11 is 5.51. The van der Waals surface area contributed by atoms with Crippen molar-refractivity contribution >= 4 is 23.2 Å². The lowest BCUT2D eigenvalue weighted by Crippen LogP contribution is -2.42. The van der Waals surface area contributed by atoms with Crippen LogP contribution in [-0.2, 0) is 6.42 Å². The van der Waals surface area contributed by atoms with Gasteiger partial charge in [-0.15, -0.1) is 11.6 Å². The fourth-order valence-electron chi connectivity index (χ4n) is 2.10. The Balaban J connectivity index is 2.26. The fraction of sp³-hybridized carbons (Fsp3) is 0.417. The van der Waals surface area contributed by atoms with Crippen molar-refractivity contribution in [3.63, 3.8) is 0 Å². The van der Waals surface area contributed by atoms with Gasteiger partial charge in [0.15, 0.2) is 0 Å². The first kappa shape index (κ1) is 13.8. The van der Waals surface area contributed by atoms with Crippen LogP contribution >= 0.6 is 11.6 Å². The topological polar surface area (TPSA) is 83.7 Å². The van der Waals surface area contributed by atoms with Gasteiger partial charge in [0.2, 0.25) is 0 Å². The van der Waals surface area contributed by atoms with Gasteiger partial charge in [0.25, 0.3) is 11.6 Å². The number of β-amino-alcohol motifs (C(OH)–C–C–N with tert-alkyl or cyclic N) is 1. The van der Waals surface area contributed by atoms with Crippen LogP contribution in [0.2, 0.25) is 0 Å². The van der Waals surface area contributed by atoms with Crippen molar-refractivity contribution in [2.24, 2.45) is 0 Å². The maximum atomic E-state index is 12.2. The van der Waals surface area contributed by atoms with Gasteiger partial charge in [-0.05, 0) is 12.0 Å². The number of nitro groups is 1. The summed E-state index contributed by atoms with van der Waals surface area (Å²) < 4.78 is 0. The van der Waals surface area contributed by atoms with E-state index in [0.717, 1.165) is 5.56 Å². The molecule has 1 aliphatic rings. The molecule has 1 atom stereocenters. The van der Waals surface area contributed by atoms with Gasteiger partial charge in [0.05, 0.1) is 16.9 Å². The Bertz CT molecular complexity index is 520. The normalized spacial score (nSPS) is 16.1. The third-order valence-corrected chi connectivity index (χ3v) is 3.44. The first-order valence-electron chi connectivity index (χ1n) is 5.83. The van der Waals surface area contributed by atoms with Crippen LogP contribution in [-0.4, -0.2) is 45.9 Å². The van der Waals surface area contributed by atoms with Crippen LogP contribution in [0.5, 0.6) is 0 Å². The molecule has 1 N–H and O–H groups in total. The summed E-state index contributed by atoms with van der Waals surface area (Å²) in [5, 5.41) is 20.2. The van der Waals surface area contributed by atoms with Crippen LogP contribution in [0.3, 0.4) is 0 Å². The highest BCUT2D eigenvalue weighted by molar-refractivity contribution is 6.18. The summed E-state index contributed by atoms with van der Waals surface area (Å²) in [6.07, 6.45) is -0.167. The Kier molecular flexibility index (Phi) is 4.01. The number of carbonyl (C=O) groups excluding carboxylic acids is 1. The Hall–Kier alpha value is -1.66. The zero-order chi connectivity index (χ0) is 14.0. The molecule has 0 bridgehead atoms. The lowest BCUT2D eigenvalue weighted by molar-refractivity contribution is -0.384. The van der Waals surface area contributed by atoms with Crippen molar-refractivity contribution in [3.8, 4) is 0 Å². The number of amides is 1. The molecule has 1 amide bonds. The maximum Gasteiger partial charge on any atom is 0.270 e. The molecule has 0 radical (unpaired) electrons. The van der Waals surface area contributed by atoms with Gasteiger partial charge in [0, 0.05) is 30.8 Å². The van der Waals surface area contributed by atoms with Crippen LogP contribution in [0.25, 0.3) is 0 Å². The van der Waals surface area contributed by atoms with Crippen molar-refractivity contribution in [2.75, 3.05) is 19.0 Å². The third kappa shape index (κ3) is 2.85. The zero-order valence-corrected chi connectivity index (χ0v) is 10.8. The Morgan fingerprint density at radius 1 is 1.53 bits per heavy atom. The van der Waals surface area contributed by atoms with E-state index >= 15 is 0 Å². The van der Waals surface area contributed by atoms with Crippen molar-refractivity contribution in [3.05, 3.63) is 39.4 Å². The van der Waals surface area contributed by atoms with Gasteiger partial charge >= 0.3 is 0 Å². The Morgan fingerprint density at radius 2 is 2.26 bits per heavy atom. The number of fused-ring (bicyclic) bond motifs is 1. The molecule has 0 fully saturated rings. The van der Waals surface area contributed by atoms with Crippen molar-refractivity contribution < 1.29 is 14.8 Å². The van der Waals surface area contributed by atoms with E-state index in [1.807, 2.05) is 0 Å². The second kappa shape index (κ2) is 5.54.